The first-order chi connectivity index (χ1) is 24.5. The lowest BCUT2D eigenvalue weighted by molar-refractivity contribution is -0.214. The number of hydrogen-bond acceptors (Lipinski definition) is 7. The molecule has 0 aromatic heterocycles. The molecule has 1 heterocycles. The van der Waals surface area contributed by atoms with Crippen molar-refractivity contribution in [3.05, 3.63) is 71.3 Å². The minimum atomic E-state index is -0.879. The lowest BCUT2D eigenvalue weighted by Crippen LogP contribution is -2.53. The Bertz CT molecular complexity index is 1700. The second-order valence-corrected chi connectivity index (χ2v) is 17.1. The van der Waals surface area contributed by atoms with Gasteiger partial charge in [-0.05, 0) is 121 Å². The number of oxime groups is 1. The molecule has 8 nitrogen and oxygen atoms in total. The van der Waals surface area contributed by atoms with E-state index in [-0.39, 0.29) is 29.3 Å². The number of ether oxygens (including phenoxy) is 3. The standard InChI is InChI=1S/C43H54N2O6/c1-26(2)38(44-40(47)48-25-34-31-12-8-6-10-29(31)30-11-7-9-13-32(30)34)39(46)51-45-28-18-20-41(3)27(24-28)14-15-33-35-16-17-37(43(5)49-22-23-50-43)42(35,4)21-19-36(33)41/h6-13,24,26,33-38H,14-23,25H2,1-5H3,(H,44,47)/b45-28+/t33-,35-,36-,37-,38-,41-,42-/m0/s1. The van der Waals surface area contributed by atoms with Crippen LogP contribution in [0.1, 0.15) is 103 Å². The van der Waals surface area contributed by atoms with Crippen LogP contribution in [0, 0.1) is 40.4 Å². The number of nitrogens with zero attached hydrogens (tertiary/aromatic N) is 1. The molecular weight excluding hydrogens is 640 g/mol. The van der Waals surface area contributed by atoms with E-state index in [0.29, 0.717) is 36.9 Å². The maximum absolute atomic E-state index is 13.3. The van der Waals surface area contributed by atoms with Gasteiger partial charge in [0.05, 0.1) is 18.9 Å². The third kappa shape index (κ3) is 5.85. The SMILES string of the molecule is CC(C)[C@H](NC(=O)OCC1c2ccccc2-c2ccccc21)C(=O)O/N=C1/C=C2CC[C@H]3[C@@H]4CC[C@H](C5(C)OCCO5)[C@@]4(C)CC[C@@H]3[C@@]2(C)CC1. The Labute approximate surface area is 302 Å². The topological polar surface area (TPSA) is 95.5 Å². The maximum atomic E-state index is 13.3. The molecule has 8 heteroatoms. The van der Waals surface area contributed by atoms with E-state index in [9.17, 15) is 9.59 Å². The molecule has 1 aliphatic heterocycles. The lowest BCUT2D eigenvalue weighted by atomic mass is 9.46. The molecule has 3 saturated carbocycles. The fourth-order valence-electron chi connectivity index (χ4n) is 11.7. The van der Waals surface area contributed by atoms with Crippen LogP contribution in [0.15, 0.2) is 65.3 Å². The highest BCUT2D eigenvalue weighted by atomic mass is 16.7. The molecule has 0 spiro atoms. The Morgan fingerprint density at radius 3 is 2.25 bits per heavy atom. The van der Waals surface area contributed by atoms with E-state index >= 15 is 0 Å². The molecule has 7 atom stereocenters. The molecule has 4 fully saturated rings. The van der Waals surface area contributed by atoms with Crippen LogP contribution in [0.25, 0.3) is 11.1 Å². The van der Waals surface area contributed by atoms with Crippen LogP contribution < -0.4 is 5.32 Å². The van der Waals surface area contributed by atoms with Crippen LogP contribution >= 0.6 is 0 Å². The van der Waals surface area contributed by atoms with Crippen molar-refractivity contribution >= 4 is 17.8 Å². The maximum Gasteiger partial charge on any atom is 0.407 e. The molecule has 8 rings (SSSR count). The molecule has 1 saturated heterocycles. The van der Waals surface area contributed by atoms with Crippen LogP contribution in [0.2, 0.25) is 0 Å². The zero-order valence-electron chi connectivity index (χ0n) is 30.9. The Balaban J connectivity index is 0.894. The Kier molecular flexibility index (Phi) is 8.93. The molecule has 0 unspecified atom stereocenters. The van der Waals surface area contributed by atoms with Crippen molar-refractivity contribution in [1.82, 2.24) is 5.32 Å². The number of fused-ring (bicyclic) bond motifs is 8. The average Bonchev–Trinajstić information content (AvgIpc) is 3.82. The zero-order chi connectivity index (χ0) is 35.5. The van der Waals surface area contributed by atoms with E-state index in [1.807, 2.05) is 38.1 Å². The summed E-state index contributed by atoms with van der Waals surface area (Å²) in [5.41, 5.74) is 7.27. The molecule has 51 heavy (non-hydrogen) atoms. The first-order valence-corrected chi connectivity index (χ1v) is 19.4. The third-order valence-electron chi connectivity index (χ3n) is 14.3. The zero-order valence-corrected chi connectivity index (χ0v) is 30.9. The van der Waals surface area contributed by atoms with Crippen LogP contribution in [-0.4, -0.2) is 49.4 Å². The molecule has 272 valence electrons. The van der Waals surface area contributed by atoms with Crippen LogP contribution in [0.3, 0.4) is 0 Å². The van der Waals surface area contributed by atoms with E-state index in [2.05, 4.69) is 61.6 Å². The summed E-state index contributed by atoms with van der Waals surface area (Å²) < 4.78 is 18.2. The highest BCUT2D eigenvalue weighted by Crippen LogP contribution is 2.68. The van der Waals surface area contributed by atoms with Gasteiger partial charge in [-0.25, -0.2) is 9.59 Å². The van der Waals surface area contributed by atoms with Crippen molar-refractivity contribution < 1.29 is 28.6 Å². The first kappa shape index (κ1) is 34.6. The van der Waals surface area contributed by atoms with Gasteiger partial charge in [0.15, 0.2) is 5.79 Å². The average molecular weight is 695 g/mol. The van der Waals surface area contributed by atoms with Gasteiger partial charge in [0.25, 0.3) is 0 Å². The summed E-state index contributed by atoms with van der Waals surface area (Å²) >= 11 is 0. The number of rotatable bonds is 7. The van der Waals surface area contributed by atoms with E-state index in [0.717, 1.165) is 36.1 Å². The van der Waals surface area contributed by atoms with Gasteiger partial charge in [-0.3, -0.25) is 0 Å². The van der Waals surface area contributed by atoms with Gasteiger partial charge < -0.3 is 24.4 Å². The van der Waals surface area contributed by atoms with Crippen molar-refractivity contribution in [2.24, 2.45) is 45.6 Å². The molecule has 2 aromatic carbocycles. The van der Waals surface area contributed by atoms with Gasteiger partial charge in [0, 0.05) is 11.8 Å². The van der Waals surface area contributed by atoms with E-state index in [1.54, 1.807) is 0 Å². The van der Waals surface area contributed by atoms with Gasteiger partial charge in [-0.1, -0.05) is 87.0 Å². The summed E-state index contributed by atoms with van der Waals surface area (Å²) in [5.74, 6) is 1.25. The largest absolute Gasteiger partial charge is 0.449 e. The predicted molar refractivity (Wildman–Crippen MR) is 196 cm³/mol. The Morgan fingerprint density at radius 2 is 1.57 bits per heavy atom. The van der Waals surface area contributed by atoms with Gasteiger partial charge in [0.2, 0.25) is 0 Å². The number of hydrogen-bond donors (Lipinski definition) is 1. The van der Waals surface area contributed by atoms with Crippen LogP contribution in [-0.2, 0) is 23.8 Å². The molecule has 2 aromatic rings. The summed E-state index contributed by atoms with van der Waals surface area (Å²) in [7, 11) is 0. The highest BCUT2D eigenvalue weighted by Gasteiger charge is 2.63. The van der Waals surface area contributed by atoms with E-state index < -0.39 is 23.9 Å². The number of nitrogens with one attached hydrogen (secondary N) is 1. The Morgan fingerprint density at radius 1 is 0.882 bits per heavy atom. The quantitative estimate of drug-likeness (QED) is 0.230. The molecule has 0 bridgehead atoms. The number of benzene rings is 2. The van der Waals surface area contributed by atoms with Crippen molar-refractivity contribution in [3.8, 4) is 11.1 Å². The first-order valence-electron chi connectivity index (χ1n) is 19.4. The highest BCUT2D eigenvalue weighted by molar-refractivity contribution is 5.97. The molecule has 1 amide bonds. The monoisotopic (exact) mass is 694 g/mol. The van der Waals surface area contributed by atoms with E-state index in [4.69, 9.17) is 19.0 Å². The fourth-order valence-corrected chi connectivity index (χ4v) is 11.7. The second-order valence-electron chi connectivity index (χ2n) is 17.1. The molecule has 0 radical (unpaired) electrons. The summed E-state index contributed by atoms with van der Waals surface area (Å²) in [6.45, 7) is 12.5. The summed E-state index contributed by atoms with van der Waals surface area (Å²) in [6, 6.07) is 15.6. The third-order valence-corrected chi connectivity index (χ3v) is 14.3. The second kappa shape index (κ2) is 13.2. The van der Waals surface area contributed by atoms with Crippen LogP contribution in [0.4, 0.5) is 4.79 Å². The van der Waals surface area contributed by atoms with Crippen molar-refractivity contribution in [3.63, 3.8) is 0 Å². The van der Waals surface area contributed by atoms with Crippen molar-refractivity contribution in [2.45, 2.75) is 104 Å². The lowest BCUT2D eigenvalue weighted by Gasteiger charge is -2.59. The number of carbonyl (C=O) groups is 2. The van der Waals surface area contributed by atoms with Crippen molar-refractivity contribution in [2.75, 3.05) is 19.8 Å². The summed E-state index contributed by atoms with van der Waals surface area (Å²) in [4.78, 5) is 31.9. The van der Waals surface area contributed by atoms with Gasteiger partial charge >= 0.3 is 12.1 Å². The van der Waals surface area contributed by atoms with E-state index in [1.165, 1.54) is 48.8 Å². The molecule has 5 aliphatic carbocycles. The van der Waals surface area contributed by atoms with Crippen LogP contribution in [0.5, 0.6) is 0 Å². The van der Waals surface area contributed by atoms with Crippen molar-refractivity contribution in [1.29, 1.82) is 0 Å². The number of carbonyl (C=O) groups excluding carboxylic acids is 2. The molecular formula is C43H54N2O6. The van der Waals surface area contributed by atoms with Gasteiger partial charge in [-0.2, -0.15) is 0 Å². The normalized spacial score (nSPS) is 33.4. The minimum Gasteiger partial charge on any atom is -0.449 e. The smallest absolute Gasteiger partial charge is 0.407 e. The summed E-state index contributed by atoms with van der Waals surface area (Å²) in [5, 5.41) is 7.14. The number of alkyl carbamates (subject to hydrolysis) is 1. The minimum absolute atomic E-state index is 0.0585. The molecule has 1 N–H and O–H groups in total. The predicted octanol–water partition coefficient (Wildman–Crippen LogP) is 8.79. The Hall–Kier alpha value is -3.49. The fraction of sp³-hybridized carbons (Fsp3) is 0.605. The number of amides is 1. The number of allylic oxidation sites excluding steroid dienone is 2. The van der Waals surface area contributed by atoms with Gasteiger partial charge in [0.1, 0.15) is 12.6 Å². The summed E-state index contributed by atoms with van der Waals surface area (Å²) in [6.07, 6.45) is 10.5. The van der Waals surface area contributed by atoms with Gasteiger partial charge in [-0.15, -0.1) is 0 Å². The molecule has 6 aliphatic rings.